The van der Waals surface area contributed by atoms with Gasteiger partial charge in [0.1, 0.15) is 11.5 Å². The molecule has 0 bridgehead atoms. The van der Waals surface area contributed by atoms with E-state index in [-0.39, 0.29) is 9.90 Å². The smallest absolute Gasteiger partial charge is 0.135 e. The lowest BCUT2D eigenvalue weighted by molar-refractivity contribution is 0.486. The molecule has 2 heteroatoms. The molecule has 0 saturated carbocycles. The summed E-state index contributed by atoms with van der Waals surface area (Å²) in [5.74, 6) is 4.37. The first-order valence-corrected chi connectivity index (χ1v) is 16.5. The van der Waals surface area contributed by atoms with Crippen LogP contribution in [-0.2, 0) is 0 Å². The number of para-hydroxylation sites is 2. The lowest BCUT2D eigenvalue weighted by atomic mass is 9.81. The van der Waals surface area contributed by atoms with Gasteiger partial charge in [-0.25, -0.2) is 0 Å². The van der Waals surface area contributed by atoms with E-state index in [0.29, 0.717) is 35.5 Å². The van der Waals surface area contributed by atoms with E-state index in [1.165, 1.54) is 55.6 Å². The van der Waals surface area contributed by atoms with Crippen molar-refractivity contribution in [2.24, 2.45) is 0 Å². The van der Waals surface area contributed by atoms with Crippen molar-refractivity contribution < 1.29 is 4.74 Å². The summed E-state index contributed by atoms with van der Waals surface area (Å²) in [5, 5.41) is 0. The Morgan fingerprint density at radius 2 is 0.659 bits per heavy atom. The summed E-state index contributed by atoms with van der Waals surface area (Å²) in [5.41, 5.74) is 13.4. The largest absolute Gasteiger partial charge is 0.456 e. The Morgan fingerprint density at radius 1 is 0.386 bits per heavy atom. The van der Waals surface area contributed by atoms with E-state index in [0.717, 1.165) is 11.5 Å². The van der Waals surface area contributed by atoms with Gasteiger partial charge in [-0.3, -0.25) is 0 Å². The number of benzene rings is 4. The van der Waals surface area contributed by atoms with Gasteiger partial charge >= 0.3 is 0 Å². The maximum absolute atomic E-state index is 7.04. The molecule has 0 aliphatic carbocycles. The molecule has 0 aliphatic rings. The third-order valence-electron chi connectivity index (χ3n) is 8.80. The minimum atomic E-state index is 0. The van der Waals surface area contributed by atoms with E-state index in [1.54, 1.807) is 0 Å². The molecule has 4 aromatic carbocycles. The topological polar surface area (TPSA) is 9.23 Å². The summed E-state index contributed by atoms with van der Waals surface area (Å²) in [7, 11) is 0. The van der Waals surface area contributed by atoms with Crippen molar-refractivity contribution in [3.63, 3.8) is 0 Å². The van der Waals surface area contributed by atoms with Crippen molar-refractivity contribution in [1.29, 1.82) is 0 Å². The summed E-state index contributed by atoms with van der Waals surface area (Å²) >= 11 is 0. The molecule has 236 valence electrons. The van der Waals surface area contributed by atoms with E-state index in [4.69, 9.17) is 4.74 Å². The van der Waals surface area contributed by atoms with E-state index in [2.05, 4.69) is 156 Å². The highest BCUT2D eigenvalue weighted by Crippen LogP contribution is 2.47. The average Bonchev–Trinajstić information content (AvgIpc) is 2.96. The Kier molecular flexibility index (Phi) is 12.1. The monoisotopic (exact) mass is 608 g/mol. The molecular weight excluding hydrogens is 551 g/mol. The maximum atomic E-state index is 7.04. The Hall–Kier alpha value is -2.89. The fourth-order valence-corrected chi connectivity index (χ4v) is 6.18. The third kappa shape index (κ3) is 7.49. The first kappa shape index (κ1) is 35.6. The van der Waals surface area contributed by atoms with Crippen LogP contribution in [0.2, 0.25) is 0 Å². The van der Waals surface area contributed by atoms with Gasteiger partial charge < -0.3 is 4.74 Å². The molecular formula is C42H57OP. The first-order valence-electron chi connectivity index (χ1n) is 16.5. The molecule has 0 saturated heterocycles. The highest BCUT2D eigenvalue weighted by molar-refractivity contribution is 6.92. The van der Waals surface area contributed by atoms with Gasteiger partial charge in [0.2, 0.25) is 0 Å². The summed E-state index contributed by atoms with van der Waals surface area (Å²) in [6.07, 6.45) is 0. The molecule has 0 amide bonds. The van der Waals surface area contributed by atoms with Crippen LogP contribution < -0.4 is 4.74 Å². The predicted molar refractivity (Wildman–Crippen MR) is 199 cm³/mol. The van der Waals surface area contributed by atoms with E-state index in [1.807, 2.05) is 0 Å². The fourth-order valence-electron chi connectivity index (χ4n) is 6.18. The van der Waals surface area contributed by atoms with Crippen LogP contribution in [-0.4, -0.2) is 0 Å². The van der Waals surface area contributed by atoms with Crippen molar-refractivity contribution in [3.8, 4) is 33.8 Å². The highest BCUT2D eigenvalue weighted by Gasteiger charge is 2.24. The molecule has 0 aliphatic heterocycles. The van der Waals surface area contributed by atoms with Crippen LogP contribution in [0.15, 0.2) is 72.8 Å². The predicted octanol–water partition coefficient (Wildman–Crippen LogP) is 13.6. The van der Waals surface area contributed by atoms with Crippen LogP contribution >= 0.6 is 9.90 Å². The van der Waals surface area contributed by atoms with Gasteiger partial charge in [-0.05, 0) is 92.1 Å². The lowest BCUT2D eigenvalue weighted by Gasteiger charge is -2.26. The highest BCUT2D eigenvalue weighted by atomic mass is 31.0. The van der Waals surface area contributed by atoms with Crippen molar-refractivity contribution in [1.82, 2.24) is 0 Å². The van der Waals surface area contributed by atoms with Crippen LogP contribution in [0.4, 0.5) is 0 Å². The zero-order valence-corrected chi connectivity index (χ0v) is 30.9. The number of ether oxygens (including phenoxy) is 1. The molecule has 1 atom stereocenters. The lowest BCUT2D eigenvalue weighted by Crippen LogP contribution is -2.05. The van der Waals surface area contributed by atoms with E-state index in [9.17, 15) is 0 Å². The molecule has 0 radical (unpaired) electrons. The van der Waals surface area contributed by atoms with Crippen molar-refractivity contribution in [2.45, 2.75) is 119 Å². The van der Waals surface area contributed by atoms with Gasteiger partial charge in [0.05, 0.1) is 0 Å². The second kappa shape index (κ2) is 14.9. The summed E-state index contributed by atoms with van der Waals surface area (Å²) < 4.78 is 7.04. The normalized spacial score (nSPS) is 11.8. The first-order chi connectivity index (χ1) is 20.3. The maximum Gasteiger partial charge on any atom is 0.135 e. The van der Waals surface area contributed by atoms with Gasteiger partial charge in [0.15, 0.2) is 0 Å². The molecule has 1 unspecified atom stereocenters. The van der Waals surface area contributed by atoms with Crippen LogP contribution in [0.1, 0.15) is 152 Å². The fraction of sp³-hybridized carbons (Fsp3) is 0.429. The van der Waals surface area contributed by atoms with E-state index < -0.39 is 0 Å². The van der Waals surface area contributed by atoms with Crippen LogP contribution in [0.5, 0.6) is 11.5 Å². The standard InChI is InChI=1S/C42H54O.H3P/c1-25(2)31-21-35(27(5)6)41(36(22-31)28(7)8)33-17-13-15-19-39(33)43-40-20-16-14-18-34(40)42-37(29(9)10)23-32(26(3)4)24-38(42)30(11)12;/h13-30H,1-12H3;1H3. The minimum absolute atomic E-state index is 0. The van der Waals surface area contributed by atoms with Crippen LogP contribution in [0.3, 0.4) is 0 Å². The molecule has 0 heterocycles. The molecule has 4 aromatic rings. The average molecular weight is 609 g/mol. The molecule has 0 N–H and O–H groups in total. The zero-order valence-electron chi connectivity index (χ0n) is 29.5. The Labute approximate surface area is 272 Å². The quantitative estimate of drug-likeness (QED) is 0.163. The Morgan fingerprint density at radius 3 is 0.909 bits per heavy atom. The third-order valence-corrected chi connectivity index (χ3v) is 8.80. The zero-order chi connectivity index (χ0) is 31.6. The van der Waals surface area contributed by atoms with Gasteiger partial charge in [0, 0.05) is 11.1 Å². The second-order valence-electron chi connectivity index (χ2n) is 14.2. The van der Waals surface area contributed by atoms with Crippen molar-refractivity contribution in [3.05, 3.63) is 106 Å². The molecule has 0 aromatic heterocycles. The summed E-state index contributed by atoms with van der Waals surface area (Å²) in [6, 6.07) is 27.0. The molecule has 1 nitrogen and oxygen atoms in total. The number of rotatable bonds is 10. The number of hydrogen-bond acceptors (Lipinski definition) is 1. The second-order valence-corrected chi connectivity index (χ2v) is 14.2. The molecule has 44 heavy (non-hydrogen) atoms. The molecule has 4 rings (SSSR count). The molecule has 0 spiro atoms. The van der Waals surface area contributed by atoms with Crippen molar-refractivity contribution >= 4 is 9.90 Å². The van der Waals surface area contributed by atoms with E-state index >= 15 is 0 Å². The Balaban J connectivity index is 0.00000529. The van der Waals surface area contributed by atoms with Crippen LogP contribution in [0.25, 0.3) is 22.3 Å². The Bertz CT molecular complexity index is 1380. The van der Waals surface area contributed by atoms with Gasteiger partial charge in [-0.15, -0.1) is 0 Å². The molecule has 0 fully saturated rings. The summed E-state index contributed by atoms with van der Waals surface area (Å²) in [4.78, 5) is 0. The number of hydrogen-bond donors (Lipinski definition) is 0. The van der Waals surface area contributed by atoms with Gasteiger partial charge in [-0.2, -0.15) is 9.90 Å². The SMILES string of the molecule is CC(C)c1cc(C(C)C)c(-c2ccccc2Oc2ccccc2-c2c(C(C)C)cc(C(C)C)cc2C(C)C)c(C(C)C)c1.P. The van der Waals surface area contributed by atoms with Crippen molar-refractivity contribution in [2.75, 3.05) is 0 Å². The summed E-state index contributed by atoms with van der Waals surface area (Å²) in [6.45, 7) is 27.7. The van der Waals surface area contributed by atoms with Gasteiger partial charge in [-0.1, -0.05) is 144 Å². The van der Waals surface area contributed by atoms with Crippen LogP contribution in [0, 0.1) is 0 Å². The van der Waals surface area contributed by atoms with Gasteiger partial charge in [0.25, 0.3) is 0 Å². The minimum Gasteiger partial charge on any atom is -0.456 e.